The molecule has 108 valence electrons. The highest BCUT2D eigenvalue weighted by Gasteiger charge is 2.20. The molecule has 20 heavy (non-hydrogen) atoms. The first-order chi connectivity index (χ1) is 9.56. The van der Waals surface area contributed by atoms with E-state index in [1.165, 1.54) is 6.20 Å². The molecule has 0 unspecified atom stereocenters. The Morgan fingerprint density at radius 2 is 2.00 bits per heavy atom. The minimum absolute atomic E-state index is 0.0841. The Morgan fingerprint density at radius 3 is 2.60 bits per heavy atom. The predicted molar refractivity (Wildman–Crippen MR) is 80.4 cm³/mol. The fourth-order valence-corrected chi connectivity index (χ4v) is 3.31. The van der Waals surface area contributed by atoms with Gasteiger partial charge in [-0.3, -0.25) is 9.82 Å². The molecule has 0 amide bonds. The summed E-state index contributed by atoms with van der Waals surface area (Å²) in [4.78, 5) is 1.07. The van der Waals surface area contributed by atoms with Crippen LogP contribution in [0.4, 0.5) is 5.69 Å². The van der Waals surface area contributed by atoms with Gasteiger partial charge in [0.1, 0.15) is 0 Å². The summed E-state index contributed by atoms with van der Waals surface area (Å²) in [6.45, 7) is 0.429. The molecular weight excluding hydrogens is 296 g/mol. The van der Waals surface area contributed by atoms with Crippen LogP contribution in [0.25, 0.3) is 0 Å². The van der Waals surface area contributed by atoms with Crippen molar-refractivity contribution in [3.63, 3.8) is 0 Å². The van der Waals surface area contributed by atoms with Crippen molar-refractivity contribution < 1.29 is 8.42 Å². The molecule has 2 rings (SSSR count). The summed E-state index contributed by atoms with van der Waals surface area (Å²) < 4.78 is 27.1. The highest BCUT2D eigenvalue weighted by molar-refractivity contribution is 7.98. The number of hydrogen-bond acceptors (Lipinski definition) is 5. The number of nitrogens with one attached hydrogen (secondary N) is 3. The van der Waals surface area contributed by atoms with E-state index in [1.807, 2.05) is 18.4 Å². The number of thioether (sulfide) groups is 1. The Bertz CT molecular complexity index is 665. The summed E-state index contributed by atoms with van der Waals surface area (Å²) in [7, 11) is -1.91. The van der Waals surface area contributed by atoms with Gasteiger partial charge in [0.15, 0.2) is 5.03 Å². The van der Waals surface area contributed by atoms with Crippen LogP contribution in [-0.2, 0) is 16.6 Å². The van der Waals surface area contributed by atoms with Gasteiger partial charge in [0.2, 0.25) is 0 Å². The van der Waals surface area contributed by atoms with Crippen LogP contribution in [0.2, 0.25) is 0 Å². The average molecular weight is 312 g/mol. The molecule has 3 N–H and O–H groups in total. The Hall–Kier alpha value is -1.51. The van der Waals surface area contributed by atoms with E-state index < -0.39 is 10.0 Å². The third-order valence-electron chi connectivity index (χ3n) is 2.66. The molecule has 0 fully saturated rings. The molecule has 0 radical (unpaired) electrons. The van der Waals surface area contributed by atoms with Crippen LogP contribution in [0, 0.1) is 0 Å². The molecule has 6 nitrogen and oxygen atoms in total. The van der Waals surface area contributed by atoms with Crippen LogP contribution in [0.15, 0.2) is 40.4 Å². The van der Waals surface area contributed by atoms with Crippen LogP contribution in [0.5, 0.6) is 0 Å². The molecule has 0 saturated heterocycles. The van der Waals surface area contributed by atoms with Gasteiger partial charge in [-0.2, -0.15) is 13.5 Å². The van der Waals surface area contributed by atoms with E-state index >= 15 is 0 Å². The molecule has 0 aliphatic rings. The Balaban J connectivity index is 2.23. The maximum absolute atomic E-state index is 12.3. The molecule has 0 atom stereocenters. The quantitative estimate of drug-likeness (QED) is 0.706. The standard InChI is InChI=1S/C12H16N4O2S2/c1-13-7-9-8-14-15-12(9)20(17,18)16-10-3-5-11(19-2)6-4-10/h3-6,8,13,16H,7H2,1-2H3,(H,14,15). The van der Waals surface area contributed by atoms with E-state index in [-0.39, 0.29) is 5.03 Å². The third-order valence-corrected chi connectivity index (χ3v) is 4.80. The van der Waals surface area contributed by atoms with Gasteiger partial charge >= 0.3 is 0 Å². The molecule has 0 spiro atoms. The van der Waals surface area contributed by atoms with Crippen LogP contribution >= 0.6 is 11.8 Å². The first-order valence-corrected chi connectivity index (χ1v) is 8.61. The highest BCUT2D eigenvalue weighted by Crippen LogP contribution is 2.20. The van der Waals surface area contributed by atoms with Crippen LogP contribution in [0.3, 0.4) is 0 Å². The van der Waals surface area contributed by atoms with E-state index in [4.69, 9.17) is 0 Å². The van der Waals surface area contributed by atoms with Crippen LogP contribution in [-0.4, -0.2) is 31.9 Å². The number of sulfonamides is 1. The van der Waals surface area contributed by atoms with Crippen LogP contribution < -0.4 is 10.0 Å². The zero-order valence-corrected chi connectivity index (χ0v) is 12.8. The van der Waals surface area contributed by atoms with Gasteiger partial charge in [-0.15, -0.1) is 11.8 Å². The second-order valence-corrected chi connectivity index (χ2v) is 6.59. The second-order valence-electron chi connectivity index (χ2n) is 4.09. The van der Waals surface area contributed by atoms with Crippen molar-refractivity contribution >= 4 is 27.5 Å². The molecule has 0 aliphatic heterocycles. The normalized spacial score (nSPS) is 11.5. The molecular formula is C12H16N4O2S2. The van der Waals surface area contributed by atoms with Gasteiger partial charge in [0, 0.05) is 22.7 Å². The number of nitrogens with zero attached hydrogens (tertiary/aromatic N) is 1. The minimum Gasteiger partial charge on any atom is -0.316 e. The fourth-order valence-electron chi connectivity index (χ4n) is 1.71. The lowest BCUT2D eigenvalue weighted by Gasteiger charge is -2.08. The number of H-pyrrole nitrogens is 1. The molecule has 1 aromatic carbocycles. The SMILES string of the molecule is CNCc1cn[nH]c1S(=O)(=O)Nc1ccc(SC)cc1. The summed E-state index contributed by atoms with van der Waals surface area (Å²) >= 11 is 1.60. The van der Waals surface area contributed by atoms with Gasteiger partial charge in [-0.1, -0.05) is 0 Å². The summed E-state index contributed by atoms with van der Waals surface area (Å²) in [5.74, 6) is 0. The van der Waals surface area contributed by atoms with E-state index in [0.29, 0.717) is 17.8 Å². The first-order valence-electron chi connectivity index (χ1n) is 5.90. The zero-order chi connectivity index (χ0) is 14.6. The number of hydrogen-bond donors (Lipinski definition) is 3. The van der Waals surface area contributed by atoms with Crippen molar-refractivity contribution in [2.45, 2.75) is 16.5 Å². The third kappa shape index (κ3) is 3.33. The lowest BCUT2D eigenvalue weighted by Crippen LogP contribution is -2.17. The number of anilines is 1. The minimum atomic E-state index is -3.66. The van der Waals surface area contributed by atoms with Crippen molar-refractivity contribution in [3.8, 4) is 0 Å². The van der Waals surface area contributed by atoms with E-state index in [2.05, 4.69) is 20.2 Å². The monoisotopic (exact) mass is 312 g/mol. The predicted octanol–water partition coefficient (Wildman–Crippen LogP) is 1.65. The Morgan fingerprint density at radius 1 is 1.30 bits per heavy atom. The lowest BCUT2D eigenvalue weighted by molar-refractivity contribution is 0.595. The fraction of sp³-hybridized carbons (Fsp3) is 0.250. The Labute approximate surface area is 122 Å². The maximum atomic E-state index is 12.3. The van der Waals surface area contributed by atoms with E-state index in [9.17, 15) is 8.42 Å². The number of benzene rings is 1. The van der Waals surface area contributed by atoms with Gasteiger partial charge in [-0.25, -0.2) is 0 Å². The molecule has 0 saturated carbocycles. The molecule has 0 aliphatic carbocycles. The smallest absolute Gasteiger partial charge is 0.279 e. The van der Waals surface area contributed by atoms with Crippen molar-refractivity contribution in [3.05, 3.63) is 36.0 Å². The van der Waals surface area contributed by atoms with Crippen LogP contribution in [0.1, 0.15) is 5.56 Å². The summed E-state index contributed by atoms with van der Waals surface area (Å²) in [6, 6.07) is 7.20. The molecule has 1 aromatic heterocycles. The van der Waals surface area contributed by atoms with Gasteiger partial charge in [0.05, 0.1) is 6.20 Å². The molecule has 8 heteroatoms. The number of aromatic nitrogens is 2. The van der Waals surface area contributed by atoms with Gasteiger partial charge in [0.25, 0.3) is 10.0 Å². The molecule has 0 bridgehead atoms. The van der Waals surface area contributed by atoms with Gasteiger partial charge in [-0.05, 0) is 37.6 Å². The van der Waals surface area contributed by atoms with Gasteiger partial charge < -0.3 is 5.32 Å². The van der Waals surface area contributed by atoms with Crippen molar-refractivity contribution in [1.82, 2.24) is 15.5 Å². The van der Waals surface area contributed by atoms with E-state index in [0.717, 1.165) is 4.90 Å². The topological polar surface area (TPSA) is 86.9 Å². The average Bonchev–Trinajstić information content (AvgIpc) is 2.89. The maximum Gasteiger partial charge on any atom is 0.279 e. The lowest BCUT2D eigenvalue weighted by atomic mass is 10.3. The number of aromatic amines is 1. The van der Waals surface area contributed by atoms with Crippen molar-refractivity contribution in [2.75, 3.05) is 18.0 Å². The van der Waals surface area contributed by atoms with Crippen molar-refractivity contribution in [1.29, 1.82) is 0 Å². The number of rotatable bonds is 6. The summed E-state index contributed by atoms with van der Waals surface area (Å²) in [5, 5.41) is 9.31. The highest BCUT2D eigenvalue weighted by atomic mass is 32.2. The van der Waals surface area contributed by atoms with E-state index in [1.54, 1.807) is 30.9 Å². The second kappa shape index (κ2) is 6.29. The van der Waals surface area contributed by atoms with Crippen molar-refractivity contribution in [2.24, 2.45) is 0 Å². The molecule has 2 aromatic rings. The first kappa shape index (κ1) is 14.9. The zero-order valence-electron chi connectivity index (χ0n) is 11.2. The summed E-state index contributed by atoms with van der Waals surface area (Å²) in [5.41, 5.74) is 1.12. The summed E-state index contributed by atoms with van der Waals surface area (Å²) in [6.07, 6.45) is 3.47. The Kier molecular flexibility index (Phi) is 4.69. The molecule has 1 heterocycles. The largest absolute Gasteiger partial charge is 0.316 e.